The van der Waals surface area contributed by atoms with Gasteiger partial charge >= 0.3 is 5.97 Å². The zero-order valence-corrected chi connectivity index (χ0v) is 5.54. The van der Waals surface area contributed by atoms with Crippen molar-refractivity contribution in [1.29, 1.82) is 0 Å². The molecule has 1 unspecified atom stereocenters. The first-order valence-corrected chi connectivity index (χ1v) is 2.91. The number of carbonyl (C=O) groups is 2. The van der Waals surface area contributed by atoms with E-state index in [-0.39, 0.29) is 0 Å². The highest BCUT2D eigenvalue weighted by Gasteiger charge is 2.16. The number of hydrogen-bond donors (Lipinski definition) is 1. The first-order valence-electron chi connectivity index (χ1n) is 2.91. The molecule has 1 rings (SSSR count). The Morgan fingerprint density at radius 3 is 2.82 bits per heavy atom. The van der Waals surface area contributed by atoms with E-state index in [1.807, 2.05) is 0 Å². The van der Waals surface area contributed by atoms with E-state index in [2.05, 4.69) is 4.98 Å². The van der Waals surface area contributed by atoms with E-state index in [4.69, 9.17) is 5.11 Å². The number of rotatable bonds is 3. The molecular formula is C6H6N2O3. The van der Waals surface area contributed by atoms with Gasteiger partial charge in [-0.3, -0.25) is 0 Å². The second kappa shape index (κ2) is 2.96. The van der Waals surface area contributed by atoms with Crippen LogP contribution in [0.15, 0.2) is 18.7 Å². The number of carboxylic acids is 1. The maximum absolute atomic E-state index is 10.3. The topological polar surface area (TPSA) is 72.2 Å². The minimum atomic E-state index is -1.18. The quantitative estimate of drug-likeness (QED) is 0.479. The molecule has 1 aromatic heterocycles. The van der Waals surface area contributed by atoms with E-state index in [0.29, 0.717) is 6.29 Å². The van der Waals surface area contributed by atoms with Crippen molar-refractivity contribution in [2.24, 2.45) is 0 Å². The molecule has 0 aromatic carbocycles. The molecule has 0 aliphatic rings. The van der Waals surface area contributed by atoms with Gasteiger partial charge in [0, 0.05) is 12.4 Å². The Hall–Kier alpha value is -1.65. The molecule has 0 bridgehead atoms. The lowest BCUT2D eigenvalue weighted by Crippen LogP contribution is -2.18. The lowest BCUT2D eigenvalue weighted by atomic mass is 10.3. The van der Waals surface area contributed by atoms with Crippen LogP contribution in [0.3, 0.4) is 0 Å². The van der Waals surface area contributed by atoms with Gasteiger partial charge < -0.3 is 14.5 Å². The highest BCUT2D eigenvalue weighted by molar-refractivity contribution is 5.88. The van der Waals surface area contributed by atoms with Crippen molar-refractivity contribution in [3.63, 3.8) is 0 Å². The van der Waals surface area contributed by atoms with Crippen molar-refractivity contribution in [2.45, 2.75) is 6.04 Å². The van der Waals surface area contributed by atoms with Crippen LogP contribution in [-0.2, 0) is 9.59 Å². The normalized spacial score (nSPS) is 12.4. The maximum Gasteiger partial charge on any atom is 0.334 e. The van der Waals surface area contributed by atoms with E-state index in [1.165, 1.54) is 23.3 Å². The van der Waals surface area contributed by atoms with Gasteiger partial charge in [-0.05, 0) is 0 Å². The van der Waals surface area contributed by atoms with Crippen LogP contribution in [0.2, 0.25) is 0 Å². The number of carbonyl (C=O) groups excluding carboxylic acids is 1. The third kappa shape index (κ3) is 1.43. The highest BCUT2D eigenvalue weighted by atomic mass is 16.4. The second-order valence-corrected chi connectivity index (χ2v) is 1.93. The van der Waals surface area contributed by atoms with E-state index < -0.39 is 12.0 Å². The number of hydrogen-bond acceptors (Lipinski definition) is 3. The largest absolute Gasteiger partial charge is 0.479 e. The van der Waals surface area contributed by atoms with Crippen LogP contribution >= 0.6 is 0 Å². The minimum Gasteiger partial charge on any atom is -0.479 e. The van der Waals surface area contributed by atoms with Crippen molar-refractivity contribution in [3.8, 4) is 0 Å². The Bertz CT molecular complexity index is 255. The Morgan fingerprint density at radius 2 is 2.45 bits per heavy atom. The molecule has 0 aliphatic heterocycles. The fourth-order valence-corrected chi connectivity index (χ4v) is 0.690. The summed E-state index contributed by atoms with van der Waals surface area (Å²) in [5.41, 5.74) is 0. The third-order valence-corrected chi connectivity index (χ3v) is 1.23. The van der Waals surface area contributed by atoms with Gasteiger partial charge in [0.25, 0.3) is 0 Å². The molecule has 1 atom stereocenters. The summed E-state index contributed by atoms with van der Waals surface area (Å²) >= 11 is 0. The molecule has 1 aromatic rings. The lowest BCUT2D eigenvalue weighted by Gasteiger charge is -2.03. The Kier molecular flexibility index (Phi) is 2.00. The summed E-state index contributed by atoms with van der Waals surface area (Å²) in [6.45, 7) is 0. The van der Waals surface area contributed by atoms with Crippen molar-refractivity contribution in [3.05, 3.63) is 18.7 Å². The van der Waals surface area contributed by atoms with Crippen LogP contribution in [0.25, 0.3) is 0 Å². The SMILES string of the molecule is O=CC(C(=O)O)n1ccnc1. The molecule has 5 heteroatoms. The van der Waals surface area contributed by atoms with Crippen molar-refractivity contribution in [1.82, 2.24) is 9.55 Å². The number of aldehydes is 1. The molecule has 5 nitrogen and oxygen atoms in total. The molecule has 1 heterocycles. The molecule has 0 amide bonds. The molecule has 0 radical (unpaired) electrons. The van der Waals surface area contributed by atoms with Gasteiger partial charge in [0.05, 0.1) is 6.33 Å². The van der Waals surface area contributed by atoms with Gasteiger partial charge in [0.1, 0.15) is 0 Å². The van der Waals surface area contributed by atoms with E-state index in [0.717, 1.165) is 0 Å². The second-order valence-electron chi connectivity index (χ2n) is 1.93. The number of carboxylic acid groups (broad SMARTS) is 1. The van der Waals surface area contributed by atoms with Crippen LogP contribution in [0.1, 0.15) is 6.04 Å². The van der Waals surface area contributed by atoms with Crippen LogP contribution in [0.4, 0.5) is 0 Å². The summed E-state index contributed by atoms with van der Waals surface area (Å²) in [5.74, 6) is -1.18. The van der Waals surface area contributed by atoms with Gasteiger partial charge in [0.2, 0.25) is 0 Å². The van der Waals surface area contributed by atoms with Gasteiger partial charge in [0.15, 0.2) is 12.3 Å². The van der Waals surface area contributed by atoms with Gasteiger partial charge in [-0.25, -0.2) is 9.78 Å². The van der Waals surface area contributed by atoms with Crippen molar-refractivity contribution >= 4 is 12.3 Å². The molecule has 0 aliphatic carbocycles. The summed E-state index contributed by atoms with van der Waals surface area (Å²) in [5, 5.41) is 8.47. The minimum absolute atomic E-state index is 0.351. The lowest BCUT2D eigenvalue weighted by molar-refractivity contribution is -0.142. The fraction of sp³-hybridized carbons (Fsp3) is 0.167. The summed E-state index contributed by atoms with van der Waals surface area (Å²) in [6, 6.07) is -1.16. The average Bonchev–Trinajstić information content (AvgIpc) is 2.40. The average molecular weight is 154 g/mol. The van der Waals surface area contributed by atoms with Crippen LogP contribution in [0.5, 0.6) is 0 Å². The van der Waals surface area contributed by atoms with Crippen LogP contribution in [-0.4, -0.2) is 26.9 Å². The van der Waals surface area contributed by atoms with Gasteiger partial charge in [-0.1, -0.05) is 0 Å². The third-order valence-electron chi connectivity index (χ3n) is 1.23. The first-order chi connectivity index (χ1) is 5.25. The summed E-state index contributed by atoms with van der Waals surface area (Å²) in [7, 11) is 0. The smallest absolute Gasteiger partial charge is 0.334 e. The number of nitrogens with zero attached hydrogens (tertiary/aromatic N) is 2. The van der Waals surface area contributed by atoms with Crippen molar-refractivity contribution in [2.75, 3.05) is 0 Å². The van der Waals surface area contributed by atoms with E-state index >= 15 is 0 Å². The Labute approximate surface area is 62.3 Å². The maximum atomic E-state index is 10.3. The fourth-order valence-electron chi connectivity index (χ4n) is 0.690. The number of imidazole rings is 1. The van der Waals surface area contributed by atoms with Crippen LogP contribution in [0, 0.1) is 0 Å². The molecule has 0 spiro atoms. The Morgan fingerprint density at radius 1 is 1.73 bits per heavy atom. The number of aromatic nitrogens is 2. The predicted octanol–water partition coefficient (Wildman–Crippen LogP) is -0.292. The Balaban J connectivity index is 2.88. The summed E-state index contributed by atoms with van der Waals surface area (Å²) in [4.78, 5) is 24.2. The number of aliphatic carboxylic acids is 1. The molecular weight excluding hydrogens is 148 g/mol. The highest BCUT2D eigenvalue weighted by Crippen LogP contribution is 2.00. The van der Waals surface area contributed by atoms with Gasteiger partial charge in [-0.2, -0.15) is 0 Å². The molecule has 0 fully saturated rings. The first kappa shape index (κ1) is 7.46. The van der Waals surface area contributed by atoms with E-state index in [9.17, 15) is 9.59 Å². The molecule has 1 N–H and O–H groups in total. The predicted molar refractivity (Wildman–Crippen MR) is 35.0 cm³/mol. The zero-order valence-electron chi connectivity index (χ0n) is 5.54. The van der Waals surface area contributed by atoms with Crippen molar-refractivity contribution < 1.29 is 14.7 Å². The molecule has 58 valence electrons. The van der Waals surface area contributed by atoms with E-state index in [1.54, 1.807) is 0 Å². The summed E-state index contributed by atoms with van der Waals surface area (Å²) in [6.07, 6.45) is 4.48. The summed E-state index contributed by atoms with van der Waals surface area (Å²) < 4.78 is 1.22. The van der Waals surface area contributed by atoms with Crippen LogP contribution < -0.4 is 0 Å². The van der Waals surface area contributed by atoms with Gasteiger partial charge in [-0.15, -0.1) is 0 Å². The monoisotopic (exact) mass is 154 g/mol. The molecule has 0 saturated carbocycles. The standard InChI is InChI=1S/C6H6N2O3/c9-3-5(6(10)11)8-2-1-7-4-8/h1-5H,(H,10,11). The molecule has 11 heavy (non-hydrogen) atoms. The zero-order chi connectivity index (χ0) is 8.27. The molecule has 0 saturated heterocycles.